The minimum absolute atomic E-state index is 0.0273. The lowest BCUT2D eigenvalue weighted by atomic mass is 9.99. The van der Waals surface area contributed by atoms with Gasteiger partial charge in [-0.15, -0.1) is 0 Å². The predicted molar refractivity (Wildman–Crippen MR) is 84.0 cm³/mol. The maximum Gasteiger partial charge on any atom is 0.251 e. The molecule has 22 heavy (non-hydrogen) atoms. The van der Waals surface area contributed by atoms with Gasteiger partial charge in [-0.1, -0.05) is 36.4 Å². The van der Waals surface area contributed by atoms with E-state index in [2.05, 4.69) is 5.32 Å². The Morgan fingerprint density at radius 3 is 2.45 bits per heavy atom. The standard InChI is InChI=1S/C18H17NO3/c20-11-4-3-10-19-18(22)15-9-5-8-14-16(15)12-6-1-2-7-13(12)17(14)21/h1-2,5-9,20H,3-4,10-11H2,(H,19,22). The van der Waals surface area contributed by atoms with E-state index in [0.717, 1.165) is 17.5 Å². The van der Waals surface area contributed by atoms with Crippen LogP contribution in [0.5, 0.6) is 0 Å². The lowest BCUT2D eigenvalue weighted by Crippen LogP contribution is -2.25. The van der Waals surface area contributed by atoms with E-state index < -0.39 is 0 Å². The molecule has 0 fully saturated rings. The molecule has 112 valence electrons. The second-order valence-electron chi connectivity index (χ2n) is 5.29. The Morgan fingerprint density at radius 2 is 1.68 bits per heavy atom. The summed E-state index contributed by atoms with van der Waals surface area (Å²) in [6, 6.07) is 12.6. The van der Waals surface area contributed by atoms with Gasteiger partial charge in [0.15, 0.2) is 5.78 Å². The van der Waals surface area contributed by atoms with Crippen molar-refractivity contribution in [2.24, 2.45) is 0 Å². The van der Waals surface area contributed by atoms with Crippen molar-refractivity contribution in [2.75, 3.05) is 13.2 Å². The molecule has 0 aromatic heterocycles. The van der Waals surface area contributed by atoms with Crippen LogP contribution in [0.1, 0.15) is 39.1 Å². The van der Waals surface area contributed by atoms with Crippen LogP contribution in [-0.2, 0) is 0 Å². The van der Waals surface area contributed by atoms with Crippen molar-refractivity contribution >= 4 is 11.7 Å². The van der Waals surface area contributed by atoms with Crippen molar-refractivity contribution in [3.8, 4) is 11.1 Å². The molecule has 2 aromatic carbocycles. The molecule has 1 aliphatic rings. The zero-order valence-electron chi connectivity index (χ0n) is 12.1. The lowest BCUT2D eigenvalue weighted by molar-refractivity contribution is 0.0952. The second kappa shape index (κ2) is 6.12. The number of aliphatic hydroxyl groups excluding tert-OH is 1. The van der Waals surface area contributed by atoms with Crippen molar-refractivity contribution in [3.63, 3.8) is 0 Å². The van der Waals surface area contributed by atoms with Gasteiger partial charge in [0.25, 0.3) is 5.91 Å². The number of hydrogen-bond donors (Lipinski definition) is 2. The van der Waals surface area contributed by atoms with Gasteiger partial charge >= 0.3 is 0 Å². The summed E-state index contributed by atoms with van der Waals surface area (Å²) < 4.78 is 0. The molecule has 0 radical (unpaired) electrons. The van der Waals surface area contributed by atoms with Gasteiger partial charge in [0.1, 0.15) is 0 Å². The van der Waals surface area contributed by atoms with Gasteiger partial charge in [-0.2, -0.15) is 0 Å². The van der Waals surface area contributed by atoms with Gasteiger partial charge in [0.05, 0.1) is 0 Å². The minimum atomic E-state index is -0.181. The van der Waals surface area contributed by atoms with Crippen LogP contribution in [0, 0.1) is 0 Å². The van der Waals surface area contributed by atoms with Crippen molar-refractivity contribution in [1.82, 2.24) is 5.32 Å². The largest absolute Gasteiger partial charge is 0.396 e. The number of carbonyl (C=O) groups is 2. The Hall–Kier alpha value is -2.46. The van der Waals surface area contributed by atoms with Crippen molar-refractivity contribution in [1.29, 1.82) is 0 Å². The first kappa shape index (κ1) is 14.5. The Morgan fingerprint density at radius 1 is 0.955 bits per heavy atom. The molecule has 3 rings (SSSR count). The fourth-order valence-electron chi connectivity index (χ4n) is 2.80. The van der Waals surface area contributed by atoms with Crippen LogP contribution in [0.25, 0.3) is 11.1 Å². The number of nitrogens with one attached hydrogen (secondary N) is 1. The molecule has 2 aromatic rings. The van der Waals surface area contributed by atoms with Crippen LogP contribution >= 0.6 is 0 Å². The summed E-state index contributed by atoms with van der Waals surface area (Å²) >= 11 is 0. The first-order valence-corrected chi connectivity index (χ1v) is 7.40. The Kier molecular flexibility index (Phi) is 4.02. The normalized spacial score (nSPS) is 12.0. The molecule has 0 heterocycles. The molecule has 0 atom stereocenters. The number of aliphatic hydroxyl groups is 1. The molecule has 0 aliphatic heterocycles. The summed E-state index contributed by atoms with van der Waals surface area (Å²) in [5.41, 5.74) is 3.31. The van der Waals surface area contributed by atoms with Gasteiger partial charge in [-0.05, 0) is 24.5 Å². The average molecular weight is 295 g/mol. The van der Waals surface area contributed by atoms with Crippen LogP contribution in [0.2, 0.25) is 0 Å². The fraction of sp³-hybridized carbons (Fsp3) is 0.222. The van der Waals surface area contributed by atoms with Crippen molar-refractivity contribution < 1.29 is 14.7 Å². The van der Waals surface area contributed by atoms with Gasteiger partial charge in [0, 0.05) is 35.4 Å². The highest BCUT2D eigenvalue weighted by molar-refractivity contribution is 6.24. The number of hydrogen-bond acceptors (Lipinski definition) is 3. The highest BCUT2D eigenvalue weighted by atomic mass is 16.3. The van der Waals surface area contributed by atoms with Gasteiger partial charge < -0.3 is 10.4 Å². The maximum atomic E-state index is 12.4. The molecular weight excluding hydrogens is 278 g/mol. The van der Waals surface area contributed by atoms with E-state index in [1.54, 1.807) is 24.3 Å². The Labute approximate surface area is 128 Å². The monoisotopic (exact) mass is 295 g/mol. The van der Waals surface area contributed by atoms with Crippen LogP contribution in [0.15, 0.2) is 42.5 Å². The van der Waals surface area contributed by atoms with E-state index in [9.17, 15) is 9.59 Å². The Bertz CT molecular complexity index is 737. The molecule has 1 amide bonds. The average Bonchev–Trinajstić information content (AvgIpc) is 2.85. The van der Waals surface area contributed by atoms with Gasteiger partial charge in [-0.3, -0.25) is 9.59 Å². The third-order valence-corrected chi connectivity index (χ3v) is 3.87. The van der Waals surface area contributed by atoms with E-state index in [0.29, 0.717) is 29.7 Å². The summed E-state index contributed by atoms with van der Waals surface area (Å²) in [6.45, 7) is 0.636. The summed E-state index contributed by atoms with van der Waals surface area (Å²) in [4.78, 5) is 24.8. The predicted octanol–water partition coefficient (Wildman–Crippen LogP) is 2.40. The number of fused-ring (bicyclic) bond motifs is 3. The topological polar surface area (TPSA) is 66.4 Å². The summed E-state index contributed by atoms with van der Waals surface area (Å²) in [7, 11) is 0. The zero-order valence-corrected chi connectivity index (χ0v) is 12.1. The lowest BCUT2D eigenvalue weighted by Gasteiger charge is -2.09. The van der Waals surface area contributed by atoms with Crippen LogP contribution in [0.4, 0.5) is 0 Å². The minimum Gasteiger partial charge on any atom is -0.396 e. The number of amides is 1. The van der Waals surface area contributed by atoms with Crippen LogP contribution < -0.4 is 5.32 Å². The fourth-order valence-corrected chi connectivity index (χ4v) is 2.80. The molecular formula is C18H17NO3. The summed E-state index contributed by atoms with van der Waals surface area (Å²) in [6.07, 6.45) is 1.39. The maximum absolute atomic E-state index is 12.4. The number of benzene rings is 2. The van der Waals surface area contributed by atoms with Crippen LogP contribution in [-0.4, -0.2) is 29.9 Å². The molecule has 2 N–H and O–H groups in total. The smallest absolute Gasteiger partial charge is 0.251 e. The summed E-state index contributed by atoms with van der Waals surface area (Å²) in [5.74, 6) is -0.208. The second-order valence-corrected chi connectivity index (χ2v) is 5.29. The van der Waals surface area contributed by atoms with Gasteiger partial charge in [0.2, 0.25) is 0 Å². The van der Waals surface area contributed by atoms with E-state index >= 15 is 0 Å². The zero-order chi connectivity index (χ0) is 15.5. The number of ketones is 1. The molecule has 1 aliphatic carbocycles. The number of unbranched alkanes of at least 4 members (excludes halogenated alkanes) is 1. The highest BCUT2D eigenvalue weighted by Gasteiger charge is 2.29. The molecule has 0 spiro atoms. The van der Waals surface area contributed by atoms with E-state index in [1.807, 2.05) is 18.2 Å². The quantitative estimate of drug-likeness (QED) is 0.710. The van der Waals surface area contributed by atoms with Gasteiger partial charge in [-0.25, -0.2) is 0 Å². The molecule has 4 nitrogen and oxygen atoms in total. The molecule has 0 saturated heterocycles. The molecule has 4 heteroatoms. The molecule has 0 saturated carbocycles. The number of rotatable bonds is 5. The highest BCUT2D eigenvalue weighted by Crippen LogP contribution is 2.38. The van der Waals surface area contributed by atoms with E-state index in [4.69, 9.17) is 5.11 Å². The van der Waals surface area contributed by atoms with Crippen molar-refractivity contribution in [3.05, 3.63) is 59.2 Å². The van der Waals surface area contributed by atoms with E-state index in [1.165, 1.54) is 0 Å². The van der Waals surface area contributed by atoms with Crippen molar-refractivity contribution in [2.45, 2.75) is 12.8 Å². The first-order valence-electron chi connectivity index (χ1n) is 7.40. The molecule has 0 unspecified atom stereocenters. The Balaban J connectivity index is 1.93. The summed E-state index contributed by atoms with van der Waals surface area (Å²) in [5, 5.41) is 11.6. The SMILES string of the molecule is O=C(NCCCCO)c1cccc2c1-c1ccccc1C2=O. The van der Waals surface area contributed by atoms with E-state index in [-0.39, 0.29) is 18.3 Å². The molecule has 0 bridgehead atoms. The van der Waals surface area contributed by atoms with Crippen LogP contribution in [0.3, 0.4) is 0 Å². The third-order valence-electron chi connectivity index (χ3n) is 3.87. The third kappa shape index (κ3) is 2.42. The number of carbonyl (C=O) groups excluding carboxylic acids is 2. The first-order chi connectivity index (χ1) is 10.7.